The lowest BCUT2D eigenvalue weighted by Crippen LogP contribution is -2.27. The molecule has 0 atom stereocenters. The first-order valence-electron chi connectivity index (χ1n) is 8.08. The summed E-state index contributed by atoms with van der Waals surface area (Å²) in [4.78, 5) is 33.8. The number of anilines is 2. The van der Waals surface area contributed by atoms with Gasteiger partial charge in [-0.05, 0) is 24.6 Å². The molecule has 7 heteroatoms. The van der Waals surface area contributed by atoms with Crippen LogP contribution in [0, 0.1) is 0 Å². The molecule has 2 aromatic rings. The predicted octanol–water partition coefficient (Wildman–Crippen LogP) is 2.88. The number of hydrogen-bond donors (Lipinski definition) is 1. The Morgan fingerprint density at radius 1 is 1.20 bits per heavy atom. The Bertz CT molecular complexity index is 731. The number of rotatable bonds is 7. The average molecular weight is 342 g/mol. The SMILES string of the molecule is CCCCN(C)C(=O)c1cnc(Nc2cccc(C(=O)OC)c2)nc1. The molecule has 1 aromatic heterocycles. The smallest absolute Gasteiger partial charge is 0.337 e. The number of nitrogens with zero attached hydrogens (tertiary/aromatic N) is 3. The monoisotopic (exact) mass is 342 g/mol. The molecule has 1 amide bonds. The van der Waals surface area contributed by atoms with Crippen molar-refractivity contribution in [3.05, 3.63) is 47.8 Å². The zero-order valence-electron chi connectivity index (χ0n) is 14.7. The molecule has 0 spiro atoms. The van der Waals surface area contributed by atoms with Gasteiger partial charge in [-0.2, -0.15) is 0 Å². The number of hydrogen-bond acceptors (Lipinski definition) is 6. The van der Waals surface area contributed by atoms with Crippen LogP contribution in [0.5, 0.6) is 0 Å². The highest BCUT2D eigenvalue weighted by molar-refractivity contribution is 5.93. The van der Waals surface area contributed by atoms with Crippen LogP contribution in [-0.2, 0) is 4.74 Å². The molecule has 7 nitrogen and oxygen atoms in total. The van der Waals surface area contributed by atoms with Crippen LogP contribution in [-0.4, -0.2) is 47.4 Å². The Kier molecular flexibility index (Phi) is 6.45. The van der Waals surface area contributed by atoms with Gasteiger partial charge in [-0.3, -0.25) is 4.79 Å². The Labute approximate surface area is 147 Å². The largest absolute Gasteiger partial charge is 0.465 e. The van der Waals surface area contributed by atoms with Crippen molar-refractivity contribution in [1.82, 2.24) is 14.9 Å². The fourth-order valence-corrected chi connectivity index (χ4v) is 2.19. The van der Waals surface area contributed by atoms with Crippen LogP contribution in [0.3, 0.4) is 0 Å². The van der Waals surface area contributed by atoms with E-state index in [1.54, 1.807) is 36.2 Å². The van der Waals surface area contributed by atoms with Gasteiger partial charge in [0.15, 0.2) is 0 Å². The summed E-state index contributed by atoms with van der Waals surface area (Å²) in [6.45, 7) is 2.78. The van der Waals surface area contributed by atoms with Crippen LogP contribution in [0.2, 0.25) is 0 Å². The predicted molar refractivity (Wildman–Crippen MR) is 95.0 cm³/mol. The van der Waals surface area contributed by atoms with E-state index in [-0.39, 0.29) is 5.91 Å². The summed E-state index contributed by atoms with van der Waals surface area (Å²) in [6.07, 6.45) is 4.97. The van der Waals surface area contributed by atoms with Gasteiger partial charge in [-0.15, -0.1) is 0 Å². The third-order valence-electron chi connectivity index (χ3n) is 3.63. The second-order valence-electron chi connectivity index (χ2n) is 5.57. The van der Waals surface area contributed by atoms with E-state index < -0.39 is 5.97 Å². The minimum atomic E-state index is -0.416. The second kappa shape index (κ2) is 8.77. The maximum absolute atomic E-state index is 12.2. The minimum absolute atomic E-state index is 0.104. The highest BCUT2D eigenvalue weighted by atomic mass is 16.5. The van der Waals surface area contributed by atoms with E-state index in [2.05, 4.69) is 22.2 Å². The molecular formula is C18H22N4O3. The van der Waals surface area contributed by atoms with Gasteiger partial charge in [0.1, 0.15) is 0 Å². The number of amides is 1. The highest BCUT2D eigenvalue weighted by Crippen LogP contribution is 2.15. The van der Waals surface area contributed by atoms with E-state index in [1.165, 1.54) is 19.5 Å². The van der Waals surface area contributed by atoms with Crippen LogP contribution in [0.1, 0.15) is 40.5 Å². The first-order chi connectivity index (χ1) is 12.0. The van der Waals surface area contributed by atoms with Gasteiger partial charge in [-0.25, -0.2) is 14.8 Å². The molecule has 0 aliphatic rings. The van der Waals surface area contributed by atoms with E-state index in [4.69, 9.17) is 4.74 Å². The average Bonchev–Trinajstić information content (AvgIpc) is 2.65. The molecule has 0 saturated carbocycles. The topological polar surface area (TPSA) is 84.4 Å². The molecule has 1 heterocycles. The number of aromatic nitrogens is 2. The molecule has 0 saturated heterocycles. The number of nitrogens with one attached hydrogen (secondary N) is 1. The van der Waals surface area contributed by atoms with E-state index in [9.17, 15) is 9.59 Å². The lowest BCUT2D eigenvalue weighted by atomic mass is 10.2. The van der Waals surface area contributed by atoms with Crippen LogP contribution in [0.25, 0.3) is 0 Å². The Balaban J connectivity index is 2.05. The summed E-state index contributed by atoms with van der Waals surface area (Å²) < 4.78 is 4.69. The highest BCUT2D eigenvalue weighted by Gasteiger charge is 2.12. The van der Waals surface area contributed by atoms with Gasteiger partial charge < -0.3 is 15.0 Å². The van der Waals surface area contributed by atoms with Crippen molar-refractivity contribution in [2.24, 2.45) is 0 Å². The molecule has 0 aliphatic heterocycles. The van der Waals surface area contributed by atoms with E-state index in [1.807, 2.05) is 0 Å². The van der Waals surface area contributed by atoms with Crippen molar-refractivity contribution in [3.63, 3.8) is 0 Å². The molecule has 132 valence electrons. The number of unbranched alkanes of at least 4 members (excludes halogenated alkanes) is 1. The Morgan fingerprint density at radius 2 is 1.92 bits per heavy atom. The molecule has 25 heavy (non-hydrogen) atoms. The maximum atomic E-state index is 12.2. The van der Waals surface area contributed by atoms with E-state index in [0.717, 1.165) is 12.8 Å². The molecule has 0 radical (unpaired) electrons. The second-order valence-corrected chi connectivity index (χ2v) is 5.57. The van der Waals surface area contributed by atoms with Gasteiger partial charge in [0.25, 0.3) is 5.91 Å². The molecule has 0 bridgehead atoms. The molecule has 0 fully saturated rings. The molecule has 1 N–H and O–H groups in total. The van der Waals surface area contributed by atoms with Gasteiger partial charge >= 0.3 is 5.97 Å². The number of ether oxygens (including phenoxy) is 1. The van der Waals surface area contributed by atoms with Crippen molar-refractivity contribution in [2.45, 2.75) is 19.8 Å². The first kappa shape index (κ1) is 18.4. The van der Waals surface area contributed by atoms with Crippen LogP contribution in [0.4, 0.5) is 11.6 Å². The normalized spacial score (nSPS) is 10.2. The van der Waals surface area contributed by atoms with Crippen molar-refractivity contribution >= 4 is 23.5 Å². The summed E-state index contributed by atoms with van der Waals surface area (Å²) in [6, 6.07) is 6.82. The summed E-state index contributed by atoms with van der Waals surface area (Å²) in [5, 5.41) is 3.00. The molecule has 1 aromatic carbocycles. The quantitative estimate of drug-likeness (QED) is 0.779. The Hall–Kier alpha value is -2.96. The number of methoxy groups -OCH3 is 1. The van der Waals surface area contributed by atoms with Crippen molar-refractivity contribution in [3.8, 4) is 0 Å². The summed E-state index contributed by atoms with van der Waals surface area (Å²) in [7, 11) is 3.10. The van der Waals surface area contributed by atoms with Crippen LogP contribution >= 0.6 is 0 Å². The summed E-state index contributed by atoms with van der Waals surface area (Å²) in [5.74, 6) is -0.178. The number of carbonyl (C=O) groups is 2. The van der Waals surface area contributed by atoms with E-state index >= 15 is 0 Å². The lowest BCUT2D eigenvalue weighted by Gasteiger charge is -2.16. The lowest BCUT2D eigenvalue weighted by molar-refractivity contribution is 0.0600. The van der Waals surface area contributed by atoms with Crippen molar-refractivity contribution in [2.75, 3.05) is 26.0 Å². The first-order valence-corrected chi connectivity index (χ1v) is 8.08. The zero-order valence-corrected chi connectivity index (χ0v) is 14.7. The molecule has 0 unspecified atom stereocenters. The van der Waals surface area contributed by atoms with Gasteiger partial charge in [0.05, 0.1) is 18.2 Å². The van der Waals surface area contributed by atoms with Gasteiger partial charge in [0, 0.05) is 31.7 Å². The molecular weight excluding hydrogens is 320 g/mol. The maximum Gasteiger partial charge on any atom is 0.337 e. The number of carbonyl (C=O) groups excluding carboxylic acids is 2. The summed E-state index contributed by atoms with van der Waals surface area (Å²) in [5.41, 5.74) is 1.52. The van der Waals surface area contributed by atoms with Gasteiger partial charge in [-0.1, -0.05) is 19.4 Å². The number of esters is 1. The fourth-order valence-electron chi connectivity index (χ4n) is 2.19. The fraction of sp³-hybridized carbons (Fsp3) is 0.333. The molecule has 0 aliphatic carbocycles. The van der Waals surface area contributed by atoms with Crippen molar-refractivity contribution in [1.29, 1.82) is 0 Å². The number of benzene rings is 1. The summed E-state index contributed by atoms with van der Waals surface area (Å²) >= 11 is 0. The third kappa shape index (κ3) is 5.00. The van der Waals surface area contributed by atoms with Crippen LogP contribution < -0.4 is 5.32 Å². The molecule has 2 rings (SSSR count). The van der Waals surface area contributed by atoms with Crippen molar-refractivity contribution < 1.29 is 14.3 Å². The van der Waals surface area contributed by atoms with Crippen LogP contribution in [0.15, 0.2) is 36.7 Å². The van der Waals surface area contributed by atoms with Gasteiger partial charge in [0.2, 0.25) is 5.95 Å². The minimum Gasteiger partial charge on any atom is -0.465 e. The Morgan fingerprint density at radius 3 is 2.56 bits per heavy atom. The third-order valence-corrected chi connectivity index (χ3v) is 3.63. The zero-order chi connectivity index (χ0) is 18.2. The standard InChI is InChI=1S/C18H22N4O3/c1-4-5-9-22(2)16(23)14-11-19-18(20-12-14)21-15-8-6-7-13(10-15)17(24)25-3/h6-8,10-12H,4-5,9H2,1-3H3,(H,19,20,21). The van der Waals surface area contributed by atoms with E-state index in [0.29, 0.717) is 29.3 Å².